The van der Waals surface area contributed by atoms with Crippen molar-refractivity contribution < 1.29 is 22.7 Å². The maximum Gasteiger partial charge on any atom is 0.280 e. The number of carbonyl (C=O) groups excluding carboxylic acids is 1. The molecule has 0 bridgehead atoms. The Labute approximate surface area is 224 Å². The molecule has 2 aromatic rings. The summed E-state index contributed by atoms with van der Waals surface area (Å²) in [4.78, 5) is 26.9. The molecule has 0 unspecified atom stereocenters. The quantitative estimate of drug-likeness (QED) is 0.400. The Kier molecular flexibility index (Phi) is 7.11. The minimum atomic E-state index is -2.81. The third-order valence-corrected chi connectivity index (χ3v) is 13.3. The minimum absolute atomic E-state index is 0.0362. The molecule has 38 heavy (non-hydrogen) atoms. The molecule has 0 N–H and O–H groups in total. The lowest BCUT2D eigenvalue weighted by atomic mass is 9.79. The summed E-state index contributed by atoms with van der Waals surface area (Å²) in [6.07, 6.45) is -0.122. The smallest absolute Gasteiger partial charge is 0.280 e. The van der Waals surface area contributed by atoms with E-state index in [1.54, 1.807) is 4.90 Å². The molecule has 1 aromatic heterocycles. The molecule has 2 aliphatic heterocycles. The first-order valence-corrected chi connectivity index (χ1v) is 16.5. The van der Waals surface area contributed by atoms with Gasteiger partial charge in [0.1, 0.15) is 11.5 Å². The van der Waals surface area contributed by atoms with Gasteiger partial charge in [0.2, 0.25) is 5.91 Å². The molecule has 1 amide bonds. The average Bonchev–Trinajstić information content (AvgIpc) is 3.46. The Bertz CT molecular complexity index is 1190. The number of nitrogens with zero attached hydrogens (tertiary/aromatic N) is 4. The zero-order valence-corrected chi connectivity index (χ0v) is 24.0. The molecule has 1 aromatic carbocycles. The Hall–Kier alpha value is -2.43. The molecule has 1 spiro atoms. The van der Waals surface area contributed by atoms with Gasteiger partial charge in [0.15, 0.2) is 14.1 Å². The number of alkyl halides is 2. The Morgan fingerprint density at radius 1 is 1.05 bits per heavy atom. The highest BCUT2D eigenvalue weighted by Gasteiger charge is 2.56. The summed E-state index contributed by atoms with van der Waals surface area (Å²) >= 11 is 0. The Balaban J connectivity index is 1.56. The van der Waals surface area contributed by atoms with Crippen molar-refractivity contribution in [3.63, 3.8) is 0 Å². The van der Waals surface area contributed by atoms with Gasteiger partial charge in [0.25, 0.3) is 6.43 Å². The lowest BCUT2D eigenvalue weighted by molar-refractivity contribution is -0.122. The van der Waals surface area contributed by atoms with E-state index in [9.17, 15) is 13.6 Å². The van der Waals surface area contributed by atoms with Crippen molar-refractivity contribution in [3.8, 4) is 0 Å². The monoisotopic (exact) mass is 544 g/mol. The molecule has 0 radical (unpaired) electrons. The predicted octanol–water partition coefficient (Wildman–Crippen LogP) is 6.26. The van der Waals surface area contributed by atoms with Crippen molar-refractivity contribution in [1.29, 1.82) is 0 Å². The van der Waals surface area contributed by atoms with Crippen molar-refractivity contribution in [1.82, 2.24) is 9.97 Å². The van der Waals surface area contributed by atoms with E-state index in [1.807, 2.05) is 24.3 Å². The maximum absolute atomic E-state index is 14.5. The number of ether oxygens (including phenoxy) is 1. The Morgan fingerprint density at radius 3 is 2.24 bits per heavy atom. The van der Waals surface area contributed by atoms with E-state index in [2.05, 4.69) is 43.7 Å². The number of morpholine rings is 1. The van der Waals surface area contributed by atoms with Crippen LogP contribution in [0.25, 0.3) is 0 Å². The number of anilines is 3. The number of rotatable bonds is 6. The second-order valence-corrected chi connectivity index (χ2v) is 16.9. The summed E-state index contributed by atoms with van der Waals surface area (Å²) < 4.78 is 40.8. The summed E-state index contributed by atoms with van der Waals surface area (Å²) in [6, 6.07) is 7.72. The summed E-state index contributed by atoms with van der Waals surface area (Å²) in [5.74, 6) is 0.305. The van der Waals surface area contributed by atoms with Gasteiger partial charge in [0.05, 0.1) is 30.9 Å². The van der Waals surface area contributed by atoms with Gasteiger partial charge in [-0.1, -0.05) is 33.6 Å². The second-order valence-electron chi connectivity index (χ2n) is 12.1. The highest BCUT2D eigenvalue weighted by atomic mass is 28.4. The van der Waals surface area contributed by atoms with Crippen LogP contribution in [0.15, 0.2) is 24.3 Å². The normalized spacial score (nSPS) is 19.6. The topological polar surface area (TPSA) is 67.8 Å². The number of benzene rings is 1. The van der Waals surface area contributed by atoms with Crippen molar-refractivity contribution in [3.05, 3.63) is 41.3 Å². The van der Waals surface area contributed by atoms with Crippen LogP contribution in [0.1, 0.15) is 70.0 Å². The van der Waals surface area contributed by atoms with E-state index in [-0.39, 0.29) is 34.9 Å². The van der Waals surface area contributed by atoms with E-state index >= 15 is 0 Å². The van der Waals surface area contributed by atoms with Crippen LogP contribution in [0.2, 0.25) is 18.1 Å². The molecule has 0 atom stereocenters. The number of carbonyl (C=O) groups is 1. The molecule has 5 rings (SSSR count). The number of aromatic nitrogens is 2. The van der Waals surface area contributed by atoms with Crippen LogP contribution in [0, 0.1) is 0 Å². The number of amides is 1. The standard InChI is InChI=1S/C28H38F2N4O3Si/c1-27(2,3)38(4,5)37-18-21-31-23(24(29)30)22-25(32-21)34(26(35)28(22)12-6-7-13-28)20-10-8-19(9-11-20)33-14-16-36-17-15-33/h8-11,24H,6-7,12-18H2,1-5H3. The lowest BCUT2D eigenvalue weighted by Crippen LogP contribution is -2.40. The summed E-state index contributed by atoms with van der Waals surface area (Å²) in [5.41, 5.74) is 0.656. The highest BCUT2D eigenvalue weighted by Crippen LogP contribution is 2.55. The van der Waals surface area contributed by atoms with Crippen LogP contribution < -0.4 is 9.80 Å². The second kappa shape index (κ2) is 9.95. The van der Waals surface area contributed by atoms with Crippen LogP contribution in [0.5, 0.6) is 0 Å². The molecule has 2 fully saturated rings. The maximum atomic E-state index is 14.5. The fourth-order valence-corrected chi connectivity index (χ4v) is 6.47. The van der Waals surface area contributed by atoms with E-state index in [1.165, 1.54) is 0 Å². The third-order valence-electron chi connectivity index (χ3n) is 8.78. The van der Waals surface area contributed by atoms with Crippen LogP contribution >= 0.6 is 0 Å². The zero-order valence-electron chi connectivity index (χ0n) is 23.0. The zero-order chi connectivity index (χ0) is 27.3. The third kappa shape index (κ3) is 4.64. The van der Waals surface area contributed by atoms with E-state index < -0.39 is 20.2 Å². The van der Waals surface area contributed by atoms with Crippen molar-refractivity contribution in [2.75, 3.05) is 36.1 Å². The molecule has 1 saturated heterocycles. The van der Waals surface area contributed by atoms with Crippen molar-refractivity contribution in [2.45, 2.75) is 83.0 Å². The molecule has 7 nitrogen and oxygen atoms in total. The van der Waals surface area contributed by atoms with Crippen molar-refractivity contribution in [2.24, 2.45) is 0 Å². The Morgan fingerprint density at radius 2 is 1.66 bits per heavy atom. The van der Waals surface area contributed by atoms with Gasteiger partial charge in [-0.25, -0.2) is 18.7 Å². The molecule has 1 saturated carbocycles. The van der Waals surface area contributed by atoms with Crippen LogP contribution in [-0.4, -0.2) is 50.5 Å². The summed E-state index contributed by atoms with van der Waals surface area (Å²) in [7, 11) is -2.17. The summed E-state index contributed by atoms with van der Waals surface area (Å²) in [5, 5.41) is -0.0482. The highest BCUT2D eigenvalue weighted by molar-refractivity contribution is 6.74. The molecule has 1 aliphatic carbocycles. The average molecular weight is 545 g/mol. The molecule has 10 heteroatoms. The molecular formula is C28H38F2N4O3Si. The SMILES string of the molecule is CC(C)(C)[Si](C)(C)OCc1nc(C(F)F)c2c(n1)N(c1ccc(N3CCOCC3)cc1)C(=O)C21CCCC1. The summed E-state index contributed by atoms with van der Waals surface area (Å²) in [6.45, 7) is 13.6. The molecular weight excluding hydrogens is 506 g/mol. The fourth-order valence-electron chi connectivity index (χ4n) is 5.55. The first-order valence-electron chi connectivity index (χ1n) is 13.6. The largest absolute Gasteiger partial charge is 0.409 e. The van der Waals surface area contributed by atoms with E-state index in [0.29, 0.717) is 37.3 Å². The van der Waals surface area contributed by atoms with Crippen LogP contribution in [0.4, 0.5) is 26.0 Å². The van der Waals surface area contributed by atoms with Gasteiger partial charge >= 0.3 is 0 Å². The first-order chi connectivity index (χ1) is 17.9. The number of fused-ring (bicyclic) bond motifs is 2. The van der Waals surface area contributed by atoms with Gasteiger partial charge in [-0.15, -0.1) is 0 Å². The lowest BCUT2D eigenvalue weighted by Gasteiger charge is -2.36. The van der Waals surface area contributed by atoms with Gasteiger partial charge in [-0.2, -0.15) is 0 Å². The van der Waals surface area contributed by atoms with Gasteiger partial charge < -0.3 is 14.1 Å². The number of hydrogen-bond donors (Lipinski definition) is 0. The van der Waals surface area contributed by atoms with Crippen molar-refractivity contribution >= 4 is 31.4 Å². The molecule has 3 aliphatic rings. The number of hydrogen-bond acceptors (Lipinski definition) is 6. The molecule has 3 heterocycles. The van der Waals surface area contributed by atoms with Gasteiger partial charge in [0, 0.05) is 24.3 Å². The predicted molar refractivity (Wildman–Crippen MR) is 146 cm³/mol. The van der Waals surface area contributed by atoms with Gasteiger partial charge in [-0.05, 0) is 55.2 Å². The van der Waals surface area contributed by atoms with Crippen LogP contribution in [0.3, 0.4) is 0 Å². The van der Waals surface area contributed by atoms with Gasteiger partial charge in [-0.3, -0.25) is 9.69 Å². The van der Waals surface area contributed by atoms with E-state index in [4.69, 9.17) is 14.1 Å². The first kappa shape index (κ1) is 27.1. The van der Waals surface area contributed by atoms with E-state index in [0.717, 1.165) is 31.6 Å². The number of halogens is 2. The minimum Gasteiger partial charge on any atom is -0.409 e. The fraction of sp³-hybridized carbons (Fsp3) is 0.607. The van der Waals surface area contributed by atoms with Crippen LogP contribution in [-0.2, 0) is 26.0 Å². The molecule has 206 valence electrons.